The fraction of sp³-hybridized carbons (Fsp3) is 0.462. The van der Waals surface area contributed by atoms with E-state index in [1.165, 1.54) is 22.3 Å². The van der Waals surface area contributed by atoms with Crippen molar-refractivity contribution in [1.29, 1.82) is 0 Å². The Kier molecular flexibility index (Phi) is 15.7. The molecule has 0 N–H and O–H groups in total. The molecule has 31 heavy (non-hydrogen) atoms. The van der Waals surface area contributed by atoms with Crippen LogP contribution in [0.25, 0.3) is 0 Å². The molecule has 2 rings (SSSR count). The first-order valence-corrected chi connectivity index (χ1v) is 10.6. The van der Waals surface area contributed by atoms with Gasteiger partial charge < -0.3 is 24.8 Å². The van der Waals surface area contributed by atoms with E-state index in [1.807, 2.05) is 12.4 Å². The average molecular weight is 555 g/mol. The van der Waals surface area contributed by atoms with E-state index in [4.69, 9.17) is 9.98 Å². The molecule has 0 aliphatic carbocycles. The molecular weight excluding hydrogens is 519 g/mol. The second-order valence-electron chi connectivity index (χ2n) is 8.75. The Morgan fingerprint density at radius 1 is 0.516 bits per heavy atom. The molecule has 0 bridgehead atoms. The van der Waals surface area contributed by atoms with E-state index in [1.54, 1.807) is 0 Å². The largest absolute Gasteiger partial charge is 1.00 e. The van der Waals surface area contributed by atoms with Crippen LogP contribution in [-0.2, 0) is 22.4 Å². The molecule has 0 aromatic heterocycles. The van der Waals surface area contributed by atoms with E-state index in [-0.39, 0.29) is 47.2 Å². The number of nitrogens with zero attached hydrogens (tertiary/aromatic N) is 2. The van der Waals surface area contributed by atoms with Gasteiger partial charge in [0, 0.05) is 34.8 Å². The third-order valence-corrected chi connectivity index (χ3v) is 5.16. The zero-order chi connectivity index (χ0) is 20.8. The van der Waals surface area contributed by atoms with Gasteiger partial charge in [0.15, 0.2) is 0 Å². The summed E-state index contributed by atoms with van der Waals surface area (Å²) < 4.78 is 0. The van der Waals surface area contributed by atoms with Crippen LogP contribution in [0.3, 0.4) is 0 Å². The molecule has 0 aliphatic heterocycles. The van der Waals surface area contributed by atoms with Crippen LogP contribution < -0.4 is 24.8 Å². The van der Waals surface area contributed by atoms with Gasteiger partial charge in [0.05, 0.1) is 11.4 Å². The van der Waals surface area contributed by atoms with Crippen LogP contribution in [0.15, 0.2) is 46.4 Å². The Labute approximate surface area is 217 Å². The molecule has 2 aromatic rings. The molecule has 0 heterocycles. The SMILES string of the molecule is CC(C)c1cccc(C(C)C)c1N=CC=Nc1c(C(C)C)cccc1C(C)C.[Ag].[Cl-].[Cl-]. The zero-order valence-electron chi connectivity index (χ0n) is 19.9. The van der Waals surface area contributed by atoms with Crippen molar-refractivity contribution in [3.63, 3.8) is 0 Å². The third-order valence-electron chi connectivity index (χ3n) is 5.16. The molecule has 177 valence electrons. The van der Waals surface area contributed by atoms with Crippen molar-refractivity contribution >= 4 is 23.8 Å². The van der Waals surface area contributed by atoms with Gasteiger partial charge in [-0.2, -0.15) is 0 Å². The number of aliphatic imine (C=N–C) groups is 2. The number of hydrogen-bond donors (Lipinski definition) is 0. The van der Waals surface area contributed by atoms with Gasteiger partial charge in [0.1, 0.15) is 0 Å². The molecule has 0 saturated heterocycles. The van der Waals surface area contributed by atoms with E-state index in [0.717, 1.165) is 11.4 Å². The van der Waals surface area contributed by atoms with E-state index >= 15 is 0 Å². The van der Waals surface area contributed by atoms with Gasteiger partial charge in [0.25, 0.3) is 0 Å². The van der Waals surface area contributed by atoms with Gasteiger partial charge >= 0.3 is 0 Å². The molecule has 0 saturated carbocycles. The van der Waals surface area contributed by atoms with Gasteiger partial charge in [-0.3, -0.25) is 9.98 Å². The monoisotopic (exact) mass is 553 g/mol. The number of rotatable bonds is 7. The summed E-state index contributed by atoms with van der Waals surface area (Å²) in [6.45, 7) is 17.8. The molecule has 0 fully saturated rings. The number of para-hydroxylation sites is 2. The van der Waals surface area contributed by atoms with Gasteiger partial charge in [-0.1, -0.05) is 91.8 Å². The normalized spacial score (nSPS) is 11.4. The summed E-state index contributed by atoms with van der Waals surface area (Å²) in [6.07, 6.45) is 3.71. The van der Waals surface area contributed by atoms with Gasteiger partial charge in [-0.25, -0.2) is 0 Å². The maximum atomic E-state index is 4.84. The molecular formula is C26H36AgCl2N2-2. The van der Waals surface area contributed by atoms with Crippen LogP contribution >= 0.6 is 0 Å². The molecule has 5 heteroatoms. The minimum Gasteiger partial charge on any atom is -1.00 e. The summed E-state index contributed by atoms with van der Waals surface area (Å²) in [7, 11) is 0. The number of hydrogen-bond acceptors (Lipinski definition) is 2. The van der Waals surface area contributed by atoms with Crippen LogP contribution in [0.2, 0.25) is 0 Å². The van der Waals surface area contributed by atoms with E-state index in [0.29, 0.717) is 23.7 Å². The van der Waals surface area contributed by atoms with Crippen LogP contribution in [0.1, 0.15) is 101 Å². The summed E-state index contributed by atoms with van der Waals surface area (Å²) in [5.74, 6) is 1.77. The Balaban J connectivity index is 0. The molecule has 0 unspecified atom stereocenters. The van der Waals surface area contributed by atoms with Crippen LogP contribution in [0.5, 0.6) is 0 Å². The molecule has 0 amide bonds. The predicted octanol–water partition coefficient (Wildman–Crippen LogP) is 2.29. The molecule has 2 nitrogen and oxygen atoms in total. The van der Waals surface area contributed by atoms with Crippen molar-refractivity contribution < 1.29 is 47.2 Å². The average Bonchev–Trinajstić information content (AvgIpc) is 2.64. The van der Waals surface area contributed by atoms with Gasteiger partial charge in [0.2, 0.25) is 0 Å². The van der Waals surface area contributed by atoms with E-state index in [2.05, 4.69) is 91.8 Å². The molecule has 0 aliphatic rings. The molecule has 0 spiro atoms. The fourth-order valence-corrected chi connectivity index (χ4v) is 3.54. The second kappa shape index (κ2) is 15.0. The van der Waals surface area contributed by atoms with Gasteiger partial charge in [-0.05, 0) is 45.9 Å². The second-order valence-corrected chi connectivity index (χ2v) is 8.75. The first kappa shape index (κ1) is 32.3. The van der Waals surface area contributed by atoms with Crippen molar-refractivity contribution in [2.75, 3.05) is 0 Å². The van der Waals surface area contributed by atoms with Crippen molar-refractivity contribution in [2.45, 2.75) is 79.1 Å². The van der Waals surface area contributed by atoms with Gasteiger partial charge in [-0.15, -0.1) is 0 Å². The zero-order valence-corrected chi connectivity index (χ0v) is 22.9. The fourth-order valence-electron chi connectivity index (χ4n) is 3.54. The molecule has 1 radical (unpaired) electrons. The molecule has 2 aromatic carbocycles. The summed E-state index contributed by atoms with van der Waals surface area (Å²) in [5.41, 5.74) is 7.37. The Hall–Kier alpha value is -0.900. The van der Waals surface area contributed by atoms with Crippen molar-refractivity contribution in [3.8, 4) is 0 Å². The Bertz CT molecular complexity index is 732. The van der Waals surface area contributed by atoms with E-state index in [9.17, 15) is 0 Å². The number of halogens is 2. The third kappa shape index (κ3) is 8.51. The minimum absolute atomic E-state index is 0. The summed E-state index contributed by atoms with van der Waals surface area (Å²) >= 11 is 0. The van der Waals surface area contributed by atoms with Crippen LogP contribution in [0, 0.1) is 0 Å². The van der Waals surface area contributed by atoms with Crippen molar-refractivity contribution in [2.24, 2.45) is 9.98 Å². The standard InChI is InChI=1S/C26H36N2.Ag.2ClH/c1-17(2)21-11-9-12-22(18(3)4)25(21)27-15-16-28-26-23(19(5)6)13-10-14-24(26)20(7)8;;;/h9-20H,1-8H3;;2*1H/p-2. The first-order valence-electron chi connectivity index (χ1n) is 10.6. The summed E-state index contributed by atoms with van der Waals surface area (Å²) in [5, 5.41) is 0. The number of benzene rings is 2. The topological polar surface area (TPSA) is 24.7 Å². The molecule has 0 atom stereocenters. The predicted molar refractivity (Wildman–Crippen MR) is 126 cm³/mol. The van der Waals surface area contributed by atoms with Crippen molar-refractivity contribution in [3.05, 3.63) is 58.7 Å². The minimum atomic E-state index is 0. The quantitative estimate of drug-likeness (QED) is 0.371. The maximum absolute atomic E-state index is 4.84. The first-order chi connectivity index (χ1) is 13.2. The summed E-state index contributed by atoms with van der Waals surface area (Å²) in [6, 6.07) is 13.0. The van der Waals surface area contributed by atoms with Crippen molar-refractivity contribution in [1.82, 2.24) is 0 Å². The Morgan fingerprint density at radius 2 is 0.742 bits per heavy atom. The van der Waals surface area contributed by atoms with Crippen LogP contribution in [-0.4, -0.2) is 12.4 Å². The smallest absolute Gasteiger partial charge is 0.0699 e. The van der Waals surface area contributed by atoms with Crippen LogP contribution in [0.4, 0.5) is 11.4 Å². The maximum Gasteiger partial charge on any atom is 0.0699 e. The summed E-state index contributed by atoms with van der Waals surface area (Å²) in [4.78, 5) is 9.68. The Morgan fingerprint density at radius 3 is 0.935 bits per heavy atom. The van der Waals surface area contributed by atoms with E-state index < -0.39 is 0 Å².